The van der Waals surface area contributed by atoms with E-state index >= 15 is 0 Å². The van der Waals surface area contributed by atoms with E-state index in [0.29, 0.717) is 0 Å². The molecule has 0 saturated heterocycles. The number of aromatic nitrogens is 2. The number of hydrogen-bond acceptors (Lipinski definition) is 2. The summed E-state index contributed by atoms with van der Waals surface area (Å²) in [5.74, 6) is 0. The smallest absolute Gasteiger partial charge is 0.0695 e. The monoisotopic (exact) mass is 245 g/mol. The fourth-order valence-corrected chi connectivity index (χ4v) is 1.78. The van der Waals surface area contributed by atoms with Crippen molar-refractivity contribution in [3.05, 3.63) is 16.4 Å². The van der Waals surface area contributed by atoms with Gasteiger partial charge in [0.1, 0.15) is 0 Å². The molecule has 1 atom stereocenters. The standard InChI is InChI=1S/C9H16BrN3/c1-9(2,3)8(11)7-6(10)5-12-13(7)4/h5,8H,11H2,1-4H3. The summed E-state index contributed by atoms with van der Waals surface area (Å²) in [7, 11) is 1.91. The molecule has 0 saturated carbocycles. The van der Waals surface area contributed by atoms with Crippen LogP contribution < -0.4 is 5.73 Å². The summed E-state index contributed by atoms with van der Waals surface area (Å²) in [4.78, 5) is 0. The van der Waals surface area contributed by atoms with E-state index in [1.165, 1.54) is 0 Å². The van der Waals surface area contributed by atoms with Crippen LogP contribution in [0.5, 0.6) is 0 Å². The molecule has 0 aromatic carbocycles. The van der Waals surface area contributed by atoms with Crippen LogP contribution in [0.1, 0.15) is 32.5 Å². The van der Waals surface area contributed by atoms with Crippen molar-refractivity contribution >= 4 is 15.9 Å². The number of aryl methyl sites for hydroxylation is 1. The molecule has 0 amide bonds. The van der Waals surface area contributed by atoms with Gasteiger partial charge in [-0.1, -0.05) is 20.8 Å². The van der Waals surface area contributed by atoms with Crippen LogP contribution in [-0.4, -0.2) is 9.78 Å². The molecule has 0 aliphatic carbocycles. The Hall–Kier alpha value is -0.350. The van der Waals surface area contributed by atoms with Gasteiger partial charge in [-0.25, -0.2) is 0 Å². The molecule has 1 heterocycles. The normalized spacial score (nSPS) is 14.6. The lowest BCUT2D eigenvalue weighted by molar-refractivity contribution is 0.313. The van der Waals surface area contributed by atoms with E-state index in [9.17, 15) is 0 Å². The number of halogens is 1. The van der Waals surface area contributed by atoms with Crippen molar-refractivity contribution < 1.29 is 0 Å². The first-order chi connectivity index (χ1) is 5.84. The van der Waals surface area contributed by atoms with Gasteiger partial charge in [-0.3, -0.25) is 4.68 Å². The van der Waals surface area contributed by atoms with Crippen molar-refractivity contribution in [3.8, 4) is 0 Å². The Morgan fingerprint density at radius 2 is 2.08 bits per heavy atom. The first-order valence-electron chi connectivity index (χ1n) is 4.27. The third-order valence-electron chi connectivity index (χ3n) is 2.17. The van der Waals surface area contributed by atoms with E-state index in [1.807, 2.05) is 11.7 Å². The Kier molecular flexibility index (Phi) is 2.82. The minimum atomic E-state index is -0.00521. The maximum Gasteiger partial charge on any atom is 0.0695 e. The molecular formula is C9H16BrN3. The fourth-order valence-electron chi connectivity index (χ4n) is 1.18. The zero-order chi connectivity index (χ0) is 10.2. The van der Waals surface area contributed by atoms with Gasteiger partial charge in [0, 0.05) is 7.05 Å². The van der Waals surface area contributed by atoms with Crippen LogP contribution in [0.25, 0.3) is 0 Å². The predicted molar refractivity (Wildman–Crippen MR) is 57.3 cm³/mol. The average Bonchev–Trinajstić information content (AvgIpc) is 2.28. The van der Waals surface area contributed by atoms with Crippen LogP contribution in [0.2, 0.25) is 0 Å². The zero-order valence-corrected chi connectivity index (χ0v) is 10.1. The van der Waals surface area contributed by atoms with Crippen LogP contribution in [0.3, 0.4) is 0 Å². The fraction of sp³-hybridized carbons (Fsp3) is 0.667. The molecule has 0 radical (unpaired) electrons. The van der Waals surface area contributed by atoms with Gasteiger partial charge in [-0.05, 0) is 21.3 Å². The summed E-state index contributed by atoms with van der Waals surface area (Å²) in [6.07, 6.45) is 1.78. The third kappa shape index (κ3) is 2.11. The summed E-state index contributed by atoms with van der Waals surface area (Å²) < 4.78 is 2.80. The molecule has 0 bridgehead atoms. The molecule has 0 aliphatic heterocycles. The Morgan fingerprint density at radius 3 is 2.38 bits per heavy atom. The second-order valence-corrected chi connectivity index (χ2v) is 5.20. The lowest BCUT2D eigenvalue weighted by Gasteiger charge is -2.27. The molecule has 4 heteroatoms. The van der Waals surface area contributed by atoms with Gasteiger partial charge >= 0.3 is 0 Å². The van der Waals surface area contributed by atoms with E-state index in [1.54, 1.807) is 6.20 Å². The van der Waals surface area contributed by atoms with E-state index in [4.69, 9.17) is 5.73 Å². The minimum absolute atomic E-state index is 0.00521. The van der Waals surface area contributed by atoms with Gasteiger partial charge in [0.15, 0.2) is 0 Å². The molecule has 1 aromatic rings. The van der Waals surface area contributed by atoms with Crippen LogP contribution >= 0.6 is 15.9 Å². The van der Waals surface area contributed by atoms with E-state index in [0.717, 1.165) is 10.2 Å². The lowest BCUT2D eigenvalue weighted by atomic mass is 9.85. The summed E-state index contributed by atoms with van der Waals surface area (Å²) in [6.45, 7) is 6.37. The maximum absolute atomic E-state index is 6.13. The minimum Gasteiger partial charge on any atom is -0.322 e. The number of rotatable bonds is 1. The largest absolute Gasteiger partial charge is 0.322 e. The zero-order valence-electron chi connectivity index (χ0n) is 8.50. The highest BCUT2D eigenvalue weighted by molar-refractivity contribution is 9.10. The molecule has 1 unspecified atom stereocenters. The van der Waals surface area contributed by atoms with Gasteiger partial charge in [-0.2, -0.15) is 5.10 Å². The third-order valence-corrected chi connectivity index (χ3v) is 2.78. The number of nitrogens with zero attached hydrogens (tertiary/aromatic N) is 2. The topological polar surface area (TPSA) is 43.8 Å². The Morgan fingerprint density at radius 1 is 1.54 bits per heavy atom. The van der Waals surface area contributed by atoms with Crippen molar-refractivity contribution in [2.75, 3.05) is 0 Å². The molecule has 1 rings (SSSR count). The summed E-state index contributed by atoms with van der Waals surface area (Å²) in [5, 5.41) is 4.14. The van der Waals surface area contributed by atoms with Gasteiger partial charge in [0.25, 0.3) is 0 Å². The van der Waals surface area contributed by atoms with E-state index < -0.39 is 0 Å². The van der Waals surface area contributed by atoms with E-state index in [-0.39, 0.29) is 11.5 Å². The molecule has 1 aromatic heterocycles. The van der Waals surface area contributed by atoms with Crippen molar-refractivity contribution in [1.29, 1.82) is 0 Å². The Bertz CT molecular complexity index is 279. The number of nitrogens with two attached hydrogens (primary N) is 1. The van der Waals surface area contributed by atoms with Gasteiger partial charge < -0.3 is 5.73 Å². The van der Waals surface area contributed by atoms with Crippen molar-refractivity contribution in [1.82, 2.24) is 9.78 Å². The van der Waals surface area contributed by atoms with Gasteiger partial charge in [0.2, 0.25) is 0 Å². The summed E-state index contributed by atoms with van der Waals surface area (Å²) >= 11 is 3.45. The molecule has 0 spiro atoms. The second kappa shape index (κ2) is 3.42. The molecule has 0 aliphatic rings. The molecule has 74 valence electrons. The van der Waals surface area contributed by atoms with Gasteiger partial charge in [-0.15, -0.1) is 0 Å². The van der Waals surface area contributed by atoms with Gasteiger partial charge in [0.05, 0.1) is 22.4 Å². The molecule has 13 heavy (non-hydrogen) atoms. The first kappa shape index (κ1) is 10.7. The van der Waals surface area contributed by atoms with Crippen molar-refractivity contribution in [2.24, 2.45) is 18.2 Å². The van der Waals surface area contributed by atoms with Crippen molar-refractivity contribution in [3.63, 3.8) is 0 Å². The molecule has 0 fully saturated rings. The highest BCUT2D eigenvalue weighted by atomic mass is 79.9. The quantitative estimate of drug-likeness (QED) is 0.825. The maximum atomic E-state index is 6.13. The highest BCUT2D eigenvalue weighted by Gasteiger charge is 2.26. The molecule has 3 nitrogen and oxygen atoms in total. The van der Waals surface area contributed by atoms with Crippen LogP contribution in [0.4, 0.5) is 0 Å². The highest BCUT2D eigenvalue weighted by Crippen LogP contribution is 2.33. The predicted octanol–water partition coefficient (Wildman–Crippen LogP) is 2.23. The van der Waals surface area contributed by atoms with Crippen molar-refractivity contribution in [2.45, 2.75) is 26.8 Å². The summed E-state index contributed by atoms with van der Waals surface area (Å²) in [5.41, 5.74) is 7.23. The molecule has 2 N–H and O–H groups in total. The number of hydrogen-bond donors (Lipinski definition) is 1. The Labute approximate surface area is 87.4 Å². The first-order valence-corrected chi connectivity index (χ1v) is 5.06. The second-order valence-electron chi connectivity index (χ2n) is 4.35. The van der Waals surface area contributed by atoms with E-state index in [2.05, 4.69) is 41.8 Å². The SMILES string of the molecule is Cn1ncc(Br)c1C(N)C(C)(C)C. The lowest BCUT2D eigenvalue weighted by Crippen LogP contribution is -2.28. The van der Waals surface area contributed by atoms with Crippen LogP contribution in [0, 0.1) is 5.41 Å². The summed E-state index contributed by atoms with van der Waals surface area (Å²) in [6, 6.07) is -0.00521. The Balaban J connectivity index is 3.08. The average molecular weight is 246 g/mol. The van der Waals surface area contributed by atoms with Crippen LogP contribution in [0.15, 0.2) is 10.7 Å². The molecular weight excluding hydrogens is 230 g/mol. The van der Waals surface area contributed by atoms with Crippen LogP contribution in [-0.2, 0) is 7.05 Å².